The summed E-state index contributed by atoms with van der Waals surface area (Å²) >= 11 is 6.90. The molecular weight excluding hydrogens is 352 g/mol. The molecule has 0 fully saturated rings. The molecule has 3 rings (SSSR count). The number of carbonyl (C=O) groups excluding carboxylic acids is 1. The summed E-state index contributed by atoms with van der Waals surface area (Å²) in [6, 6.07) is 11.4. The van der Waals surface area contributed by atoms with Crippen molar-refractivity contribution < 1.29 is 4.79 Å². The molecular formula is C18H20N4OS2. The van der Waals surface area contributed by atoms with Crippen LogP contribution < -0.4 is 5.32 Å². The Labute approximate surface area is 155 Å². The molecule has 1 amide bonds. The first-order valence-corrected chi connectivity index (χ1v) is 9.34. The molecule has 3 aromatic rings. The number of H-pyrrole nitrogens is 1. The van der Waals surface area contributed by atoms with Gasteiger partial charge in [0, 0.05) is 0 Å². The van der Waals surface area contributed by atoms with Crippen molar-refractivity contribution in [1.29, 1.82) is 0 Å². The number of nitrogens with one attached hydrogen (secondary N) is 2. The van der Waals surface area contributed by atoms with E-state index in [2.05, 4.69) is 15.5 Å². The van der Waals surface area contributed by atoms with Crippen molar-refractivity contribution in [2.45, 2.75) is 32.9 Å². The normalized spacial score (nSPS) is 13.4. The Bertz CT molecular complexity index is 927. The van der Waals surface area contributed by atoms with Crippen molar-refractivity contribution in [1.82, 2.24) is 20.1 Å². The number of benzene rings is 1. The van der Waals surface area contributed by atoms with Crippen molar-refractivity contribution in [2.24, 2.45) is 0 Å². The van der Waals surface area contributed by atoms with Crippen molar-refractivity contribution in [2.75, 3.05) is 0 Å². The van der Waals surface area contributed by atoms with Crippen LogP contribution in [0.2, 0.25) is 0 Å². The average molecular weight is 373 g/mol. The summed E-state index contributed by atoms with van der Waals surface area (Å²) in [7, 11) is 0. The van der Waals surface area contributed by atoms with E-state index in [1.165, 1.54) is 0 Å². The van der Waals surface area contributed by atoms with Crippen molar-refractivity contribution in [3.63, 3.8) is 0 Å². The maximum Gasteiger partial charge on any atom is 0.243 e. The number of rotatable bonds is 5. The van der Waals surface area contributed by atoms with Crippen molar-refractivity contribution >= 4 is 29.5 Å². The molecule has 2 heterocycles. The fraction of sp³-hybridized carbons (Fsp3) is 0.278. The molecule has 0 spiro atoms. The predicted molar refractivity (Wildman–Crippen MR) is 103 cm³/mol. The Morgan fingerprint density at radius 1 is 1.28 bits per heavy atom. The lowest BCUT2D eigenvalue weighted by Crippen LogP contribution is -2.33. The maximum absolute atomic E-state index is 12.8. The summed E-state index contributed by atoms with van der Waals surface area (Å²) in [5, 5.41) is 12.1. The number of thiophene rings is 1. The summed E-state index contributed by atoms with van der Waals surface area (Å²) in [6.45, 7) is 5.87. The minimum absolute atomic E-state index is 0.0811. The molecule has 0 unspecified atom stereocenters. The standard InChI is InChI=1S/C18H20N4OS2/c1-11-7-4-5-8-14(11)12(2)19-17(23)13(3)22-16(20-21-18(22)24)15-9-6-10-25-15/h4-10,12-13H,1-3H3,(H,19,23)(H,21,24)/t12-,13-/m0/s1. The average Bonchev–Trinajstić information content (AvgIpc) is 3.23. The summed E-state index contributed by atoms with van der Waals surface area (Å²) in [4.78, 5) is 13.8. The van der Waals surface area contributed by atoms with E-state index in [1.54, 1.807) is 15.9 Å². The fourth-order valence-electron chi connectivity index (χ4n) is 2.85. The third kappa shape index (κ3) is 3.57. The Morgan fingerprint density at radius 3 is 2.72 bits per heavy atom. The van der Waals surface area contributed by atoms with Crippen LogP contribution >= 0.6 is 23.6 Å². The lowest BCUT2D eigenvalue weighted by Gasteiger charge is -2.20. The Hall–Kier alpha value is -2.25. The van der Waals surface area contributed by atoms with Gasteiger partial charge < -0.3 is 5.32 Å². The molecule has 2 aromatic heterocycles. The van der Waals surface area contributed by atoms with E-state index in [9.17, 15) is 4.79 Å². The topological polar surface area (TPSA) is 62.7 Å². The molecule has 0 aliphatic rings. The van der Waals surface area contributed by atoms with Gasteiger partial charge in [-0.05, 0) is 55.6 Å². The highest BCUT2D eigenvalue weighted by atomic mass is 32.1. The second-order valence-corrected chi connectivity index (χ2v) is 7.30. The van der Waals surface area contributed by atoms with Gasteiger partial charge in [0.2, 0.25) is 5.91 Å². The van der Waals surface area contributed by atoms with Gasteiger partial charge in [-0.1, -0.05) is 30.3 Å². The number of hydrogen-bond donors (Lipinski definition) is 2. The van der Waals surface area contributed by atoms with E-state index in [0.717, 1.165) is 16.0 Å². The SMILES string of the molecule is Cc1ccccc1[C@H](C)NC(=O)[C@H](C)n1c(-c2cccs2)n[nH]c1=S. The maximum atomic E-state index is 12.8. The summed E-state index contributed by atoms with van der Waals surface area (Å²) in [6.07, 6.45) is 0. The molecule has 0 saturated heterocycles. The molecule has 7 heteroatoms. The molecule has 2 atom stereocenters. The molecule has 0 radical (unpaired) electrons. The van der Waals surface area contributed by atoms with Crippen LogP contribution in [-0.2, 0) is 4.79 Å². The van der Waals surface area contributed by atoms with Gasteiger partial charge in [-0.3, -0.25) is 14.5 Å². The zero-order valence-electron chi connectivity index (χ0n) is 14.3. The second kappa shape index (κ2) is 7.33. The van der Waals surface area contributed by atoms with Crippen LogP contribution in [0.3, 0.4) is 0 Å². The van der Waals surface area contributed by atoms with Gasteiger partial charge in [0.25, 0.3) is 0 Å². The molecule has 130 valence electrons. The monoisotopic (exact) mass is 372 g/mol. The smallest absolute Gasteiger partial charge is 0.243 e. The summed E-state index contributed by atoms with van der Waals surface area (Å²) < 4.78 is 2.20. The van der Waals surface area contributed by atoms with Gasteiger partial charge in [0.1, 0.15) is 6.04 Å². The van der Waals surface area contributed by atoms with Crippen LogP contribution in [0, 0.1) is 11.7 Å². The molecule has 0 aliphatic heterocycles. The Morgan fingerprint density at radius 2 is 2.04 bits per heavy atom. The molecule has 2 N–H and O–H groups in total. The largest absolute Gasteiger partial charge is 0.348 e. The van der Waals surface area contributed by atoms with Crippen LogP contribution in [0.5, 0.6) is 0 Å². The van der Waals surface area contributed by atoms with Crippen molar-refractivity contribution in [3.05, 3.63) is 57.7 Å². The number of aromatic nitrogens is 3. The number of carbonyl (C=O) groups is 1. The number of hydrogen-bond acceptors (Lipinski definition) is 4. The molecule has 0 saturated carbocycles. The van der Waals surface area contributed by atoms with E-state index in [1.807, 2.05) is 62.5 Å². The number of aryl methyl sites for hydroxylation is 1. The molecule has 1 aromatic carbocycles. The van der Waals surface area contributed by atoms with Crippen LogP contribution in [0.25, 0.3) is 10.7 Å². The van der Waals surface area contributed by atoms with Crippen LogP contribution in [0.1, 0.15) is 37.1 Å². The third-order valence-electron chi connectivity index (χ3n) is 4.23. The van der Waals surface area contributed by atoms with Crippen LogP contribution in [0.15, 0.2) is 41.8 Å². The first kappa shape index (κ1) is 17.6. The van der Waals surface area contributed by atoms with E-state index in [0.29, 0.717) is 10.6 Å². The summed E-state index contributed by atoms with van der Waals surface area (Å²) in [5.41, 5.74) is 2.26. The van der Waals surface area contributed by atoms with Gasteiger partial charge in [-0.15, -0.1) is 11.3 Å². The second-order valence-electron chi connectivity index (χ2n) is 5.96. The minimum Gasteiger partial charge on any atom is -0.348 e. The predicted octanol–water partition coefficient (Wildman–Crippen LogP) is 4.42. The molecule has 0 bridgehead atoms. The summed E-state index contributed by atoms with van der Waals surface area (Å²) in [5.74, 6) is 0.595. The highest BCUT2D eigenvalue weighted by molar-refractivity contribution is 7.71. The van der Waals surface area contributed by atoms with E-state index in [4.69, 9.17) is 12.2 Å². The quantitative estimate of drug-likeness (QED) is 0.652. The van der Waals surface area contributed by atoms with E-state index >= 15 is 0 Å². The molecule has 0 aliphatic carbocycles. The van der Waals surface area contributed by atoms with Crippen LogP contribution in [0.4, 0.5) is 0 Å². The first-order valence-electron chi connectivity index (χ1n) is 8.05. The van der Waals surface area contributed by atoms with Gasteiger partial charge in [0.15, 0.2) is 10.6 Å². The van der Waals surface area contributed by atoms with Gasteiger partial charge in [0.05, 0.1) is 10.9 Å². The van der Waals surface area contributed by atoms with Crippen LogP contribution in [-0.4, -0.2) is 20.7 Å². The van der Waals surface area contributed by atoms with E-state index in [-0.39, 0.29) is 11.9 Å². The lowest BCUT2D eigenvalue weighted by atomic mass is 10.0. The van der Waals surface area contributed by atoms with Gasteiger partial charge in [-0.2, -0.15) is 5.10 Å². The zero-order chi connectivity index (χ0) is 18.0. The number of aromatic amines is 1. The molecule has 25 heavy (non-hydrogen) atoms. The number of nitrogens with zero attached hydrogens (tertiary/aromatic N) is 2. The Kier molecular flexibility index (Phi) is 5.15. The van der Waals surface area contributed by atoms with Gasteiger partial charge >= 0.3 is 0 Å². The number of amides is 1. The molecule has 5 nitrogen and oxygen atoms in total. The van der Waals surface area contributed by atoms with Crippen molar-refractivity contribution in [3.8, 4) is 10.7 Å². The minimum atomic E-state index is -0.463. The fourth-order valence-corrected chi connectivity index (χ4v) is 3.85. The Balaban J connectivity index is 1.83. The van der Waals surface area contributed by atoms with E-state index < -0.39 is 6.04 Å². The highest BCUT2D eigenvalue weighted by Crippen LogP contribution is 2.26. The third-order valence-corrected chi connectivity index (χ3v) is 5.38. The first-order chi connectivity index (χ1) is 12.0. The highest BCUT2D eigenvalue weighted by Gasteiger charge is 2.23. The van der Waals surface area contributed by atoms with Gasteiger partial charge in [-0.25, -0.2) is 0 Å². The lowest BCUT2D eigenvalue weighted by molar-refractivity contribution is -0.124. The zero-order valence-corrected chi connectivity index (χ0v) is 15.9.